The molecule has 0 aliphatic rings. The van der Waals surface area contributed by atoms with Crippen molar-refractivity contribution in [1.82, 2.24) is 0 Å². The number of hydrogen-bond acceptors (Lipinski definition) is 3. The minimum absolute atomic E-state index is 0.0646. The minimum Gasteiger partial charge on any atom is -0.492 e. The molecule has 0 fully saturated rings. The molecule has 0 spiro atoms. The number of benzene rings is 1. The predicted molar refractivity (Wildman–Crippen MR) is 83.3 cm³/mol. The average molecular weight is 299 g/mol. The molecular formula is C15H23ClN2O2. The van der Waals surface area contributed by atoms with E-state index in [4.69, 9.17) is 22.1 Å². The van der Waals surface area contributed by atoms with Crippen LogP contribution in [-0.4, -0.2) is 19.1 Å². The standard InChI is InChI=1S/C15H23ClN2O2/c1-4-15(5-2,10-17)14(19)18-11-7-8-13(20-6-3)12(16)9-11/h7-9H,4-6,10,17H2,1-3H3,(H,18,19). The Kier molecular flexibility index (Phi) is 6.30. The summed E-state index contributed by atoms with van der Waals surface area (Å²) in [6, 6.07) is 5.22. The molecule has 1 amide bonds. The van der Waals surface area contributed by atoms with Crippen molar-refractivity contribution in [3.63, 3.8) is 0 Å². The van der Waals surface area contributed by atoms with Crippen molar-refractivity contribution < 1.29 is 9.53 Å². The van der Waals surface area contributed by atoms with Gasteiger partial charge in [0, 0.05) is 12.2 Å². The largest absolute Gasteiger partial charge is 0.492 e. The highest BCUT2D eigenvalue weighted by atomic mass is 35.5. The van der Waals surface area contributed by atoms with Gasteiger partial charge in [0.05, 0.1) is 17.0 Å². The zero-order valence-corrected chi connectivity index (χ0v) is 13.1. The van der Waals surface area contributed by atoms with E-state index >= 15 is 0 Å². The fraction of sp³-hybridized carbons (Fsp3) is 0.533. The third-order valence-corrected chi connectivity index (χ3v) is 4.01. The summed E-state index contributed by atoms with van der Waals surface area (Å²) in [5.41, 5.74) is 5.90. The summed E-state index contributed by atoms with van der Waals surface area (Å²) in [5.74, 6) is 0.550. The summed E-state index contributed by atoms with van der Waals surface area (Å²) in [5, 5.41) is 3.37. The Morgan fingerprint density at radius 1 is 1.35 bits per heavy atom. The highest BCUT2D eigenvalue weighted by Crippen LogP contribution is 2.30. The van der Waals surface area contributed by atoms with Crippen LogP contribution in [0.15, 0.2) is 18.2 Å². The molecule has 0 aliphatic heterocycles. The second-order valence-electron chi connectivity index (χ2n) is 4.72. The number of halogens is 1. The molecule has 4 nitrogen and oxygen atoms in total. The summed E-state index contributed by atoms with van der Waals surface area (Å²) in [6.45, 7) is 6.72. The van der Waals surface area contributed by atoms with Crippen LogP contribution in [0, 0.1) is 5.41 Å². The molecule has 0 bridgehead atoms. The first kappa shape index (κ1) is 16.8. The number of carbonyl (C=O) groups is 1. The zero-order valence-electron chi connectivity index (χ0n) is 12.3. The molecule has 112 valence electrons. The average Bonchev–Trinajstić information content (AvgIpc) is 2.44. The van der Waals surface area contributed by atoms with Crippen molar-refractivity contribution in [2.45, 2.75) is 33.6 Å². The van der Waals surface area contributed by atoms with Crippen LogP contribution in [0.1, 0.15) is 33.6 Å². The Morgan fingerprint density at radius 3 is 2.45 bits per heavy atom. The lowest BCUT2D eigenvalue weighted by Gasteiger charge is -2.28. The van der Waals surface area contributed by atoms with Crippen LogP contribution in [0.2, 0.25) is 5.02 Å². The predicted octanol–water partition coefficient (Wildman–Crippen LogP) is 3.44. The molecule has 0 radical (unpaired) electrons. The van der Waals surface area contributed by atoms with Gasteiger partial charge in [-0.25, -0.2) is 0 Å². The number of nitrogens with two attached hydrogens (primary N) is 1. The van der Waals surface area contributed by atoms with E-state index in [0.717, 1.165) is 0 Å². The van der Waals surface area contributed by atoms with Crippen LogP contribution >= 0.6 is 11.6 Å². The fourth-order valence-corrected chi connectivity index (χ4v) is 2.30. The first-order chi connectivity index (χ1) is 9.52. The van der Waals surface area contributed by atoms with Gasteiger partial charge in [0.25, 0.3) is 0 Å². The highest BCUT2D eigenvalue weighted by Gasteiger charge is 2.33. The maximum Gasteiger partial charge on any atom is 0.231 e. The molecule has 0 atom stereocenters. The molecular weight excluding hydrogens is 276 g/mol. The molecule has 0 unspecified atom stereocenters. The Balaban J connectivity index is 2.88. The number of ether oxygens (including phenoxy) is 1. The summed E-state index contributed by atoms with van der Waals surface area (Å²) in [4.78, 5) is 12.4. The van der Waals surface area contributed by atoms with E-state index in [1.807, 2.05) is 20.8 Å². The smallest absolute Gasteiger partial charge is 0.231 e. The molecule has 0 heterocycles. The van der Waals surface area contributed by atoms with Gasteiger partial charge < -0.3 is 15.8 Å². The highest BCUT2D eigenvalue weighted by molar-refractivity contribution is 6.32. The molecule has 0 aliphatic carbocycles. The van der Waals surface area contributed by atoms with Gasteiger partial charge in [-0.15, -0.1) is 0 Å². The molecule has 5 heteroatoms. The topological polar surface area (TPSA) is 64.3 Å². The van der Waals surface area contributed by atoms with Gasteiger partial charge in [-0.1, -0.05) is 25.4 Å². The van der Waals surface area contributed by atoms with E-state index < -0.39 is 5.41 Å². The SMILES string of the molecule is CCOc1ccc(NC(=O)C(CC)(CC)CN)cc1Cl. The molecule has 3 N–H and O–H groups in total. The Bertz CT molecular complexity index is 451. The lowest BCUT2D eigenvalue weighted by molar-refractivity contribution is -0.125. The molecule has 1 rings (SSSR count). The van der Waals surface area contributed by atoms with Crippen LogP contribution in [0.25, 0.3) is 0 Å². The van der Waals surface area contributed by atoms with E-state index in [0.29, 0.717) is 42.5 Å². The van der Waals surface area contributed by atoms with Gasteiger partial charge in [0.2, 0.25) is 5.91 Å². The van der Waals surface area contributed by atoms with Gasteiger partial charge in [0.1, 0.15) is 5.75 Å². The lowest BCUT2D eigenvalue weighted by Crippen LogP contribution is -2.41. The summed E-state index contributed by atoms with van der Waals surface area (Å²) >= 11 is 6.11. The summed E-state index contributed by atoms with van der Waals surface area (Å²) in [6.07, 6.45) is 1.41. The molecule has 1 aromatic rings. The Hall–Kier alpha value is -1.26. The number of nitrogens with one attached hydrogen (secondary N) is 1. The first-order valence-corrected chi connectivity index (χ1v) is 7.34. The Labute approximate surface area is 125 Å². The third-order valence-electron chi connectivity index (χ3n) is 3.72. The second kappa shape index (κ2) is 7.50. The fourth-order valence-electron chi connectivity index (χ4n) is 2.07. The van der Waals surface area contributed by atoms with E-state index in [9.17, 15) is 4.79 Å². The van der Waals surface area contributed by atoms with E-state index in [-0.39, 0.29) is 5.91 Å². The molecule has 0 aromatic heterocycles. The Morgan fingerprint density at radius 2 is 2.00 bits per heavy atom. The molecule has 1 aromatic carbocycles. The van der Waals surface area contributed by atoms with Crippen LogP contribution in [0.4, 0.5) is 5.69 Å². The number of anilines is 1. The number of carbonyl (C=O) groups excluding carboxylic acids is 1. The van der Waals surface area contributed by atoms with Crippen molar-refractivity contribution in [2.24, 2.45) is 11.1 Å². The van der Waals surface area contributed by atoms with Crippen molar-refractivity contribution in [3.05, 3.63) is 23.2 Å². The second-order valence-corrected chi connectivity index (χ2v) is 5.13. The zero-order chi connectivity index (χ0) is 15.2. The van der Waals surface area contributed by atoms with E-state index in [2.05, 4.69) is 5.32 Å². The van der Waals surface area contributed by atoms with Crippen molar-refractivity contribution in [2.75, 3.05) is 18.5 Å². The van der Waals surface area contributed by atoms with Crippen molar-refractivity contribution in [3.8, 4) is 5.75 Å². The van der Waals surface area contributed by atoms with Crippen molar-refractivity contribution in [1.29, 1.82) is 0 Å². The van der Waals surface area contributed by atoms with E-state index in [1.165, 1.54) is 0 Å². The molecule has 20 heavy (non-hydrogen) atoms. The van der Waals surface area contributed by atoms with Crippen LogP contribution in [0.5, 0.6) is 5.75 Å². The van der Waals surface area contributed by atoms with Gasteiger partial charge in [-0.3, -0.25) is 4.79 Å². The number of hydrogen-bond donors (Lipinski definition) is 2. The number of rotatable bonds is 7. The normalized spacial score (nSPS) is 11.2. The van der Waals surface area contributed by atoms with Gasteiger partial charge >= 0.3 is 0 Å². The van der Waals surface area contributed by atoms with Gasteiger partial charge in [-0.2, -0.15) is 0 Å². The van der Waals surface area contributed by atoms with Crippen LogP contribution < -0.4 is 15.8 Å². The summed E-state index contributed by atoms with van der Waals surface area (Å²) in [7, 11) is 0. The van der Waals surface area contributed by atoms with E-state index in [1.54, 1.807) is 18.2 Å². The number of amides is 1. The maximum atomic E-state index is 12.4. The van der Waals surface area contributed by atoms with Gasteiger partial charge in [0.15, 0.2) is 0 Å². The molecule has 0 saturated carbocycles. The summed E-state index contributed by atoms with van der Waals surface area (Å²) < 4.78 is 5.36. The maximum absolute atomic E-state index is 12.4. The van der Waals surface area contributed by atoms with Crippen molar-refractivity contribution >= 4 is 23.2 Å². The quantitative estimate of drug-likeness (QED) is 0.810. The molecule has 0 saturated heterocycles. The minimum atomic E-state index is -0.523. The monoisotopic (exact) mass is 298 g/mol. The first-order valence-electron chi connectivity index (χ1n) is 6.96. The third kappa shape index (κ3) is 3.64. The van der Waals surface area contributed by atoms with Crippen LogP contribution in [0.3, 0.4) is 0 Å². The van der Waals surface area contributed by atoms with Crippen LogP contribution in [-0.2, 0) is 4.79 Å². The van der Waals surface area contributed by atoms with Gasteiger partial charge in [-0.05, 0) is 38.0 Å². The lowest BCUT2D eigenvalue weighted by atomic mass is 9.81.